The van der Waals surface area contributed by atoms with E-state index in [2.05, 4.69) is 15.6 Å². The second kappa shape index (κ2) is 8.28. The Morgan fingerprint density at radius 2 is 1.76 bits per heavy atom. The van der Waals surface area contributed by atoms with Gasteiger partial charge in [0.1, 0.15) is 11.9 Å². The fraction of sp³-hybridized carbons (Fsp3) is 0.316. The van der Waals surface area contributed by atoms with Crippen molar-refractivity contribution in [1.82, 2.24) is 15.2 Å². The fourth-order valence-electron chi connectivity index (χ4n) is 2.96. The average Bonchev–Trinajstić information content (AvgIpc) is 3.17. The molecule has 0 bridgehead atoms. The first-order valence-corrected chi connectivity index (χ1v) is 8.53. The number of carbonyl (C=O) groups excluding carboxylic acids is 2. The minimum Gasteiger partial charge on any atom is -0.341 e. The maximum absolute atomic E-state index is 12.8. The lowest BCUT2D eigenvalue weighted by Crippen LogP contribution is -2.50. The highest BCUT2D eigenvalue weighted by molar-refractivity contribution is 5.93. The van der Waals surface area contributed by atoms with Crippen molar-refractivity contribution in [1.29, 1.82) is 0 Å². The van der Waals surface area contributed by atoms with E-state index < -0.39 is 12.1 Å². The predicted octanol–water partition coefficient (Wildman–Crippen LogP) is 2.44. The molecular formula is C19H22N4O2. The highest BCUT2D eigenvalue weighted by Crippen LogP contribution is 2.12. The van der Waals surface area contributed by atoms with Gasteiger partial charge in [-0.05, 0) is 30.5 Å². The molecule has 6 nitrogen and oxygen atoms in total. The molecule has 1 aliphatic rings. The van der Waals surface area contributed by atoms with Gasteiger partial charge in [0.25, 0.3) is 0 Å². The molecule has 1 aliphatic heterocycles. The number of amides is 3. The maximum Gasteiger partial charge on any atom is 0.321 e. The minimum absolute atomic E-state index is 0.0301. The van der Waals surface area contributed by atoms with E-state index in [4.69, 9.17) is 0 Å². The number of urea groups is 1. The van der Waals surface area contributed by atoms with Gasteiger partial charge in [-0.1, -0.05) is 36.4 Å². The molecule has 1 aromatic carbocycles. The van der Waals surface area contributed by atoms with Crippen LogP contribution in [0.25, 0.3) is 0 Å². The zero-order valence-electron chi connectivity index (χ0n) is 14.0. The van der Waals surface area contributed by atoms with Gasteiger partial charge in [-0.3, -0.25) is 10.1 Å². The standard InChI is InChI=1S/C19H22N4O2/c24-18(23-12-6-7-13-23)16(14-15-8-2-1-3-9-15)21-19(25)22-17-10-4-5-11-20-17/h1-5,8-11,16H,6-7,12-14H2,(H2,20,21,22,25)/t16-/m1/s1. The van der Waals surface area contributed by atoms with Crippen LogP contribution in [0.2, 0.25) is 0 Å². The lowest BCUT2D eigenvalue weighted by Gasteiger charge is -2.24. The molecule has 1 atom stereocenters. The van der Waals surface area contributed by atoms with Crippen LogP contribution in [0.1, 0.15) is 18.4 Å². The van der Waals surface area contributed by atoms with Gasteiger partial charge in [-0.25, -0.2) is 9.78 Å². The van der Waals surface area contributed by atoms with Crippen LogP contribution < -0.4 is 10.6 Å². The summed E-state index contributed by atoms with van der Waals surface area (Å²) < 4.78 is 0. The summed E-state index contributed by atoms with van der Waals surface area (Å²) in [5, 5.41) is 5.48. The number of benzene rings is 1. The summed E-state index contributed by atoms with van der Waals surface area (Å²) in [6.45, 7) is 1.52. The van der Waals surface area contributed by atoms with Gasteiger partial charge in [0.2, 0.25) is 5.91 Å². The molecule has 0 radical (unpaired) electrons. The topological polar surface area (TPSA) is 74.3 Å². The molecule has 25 heavy (non-hydrogen) atoms. The van der Waals surface area contributed by atoms with Gasteiger partial charge in [-0.2, -0.15) is 0 Å². The molecule has 2 heterocycles. The Morgan fingerprint density at radius 3 is 2.44 bits per heavy atom. The van der Waals surface area contributed by atoms with Crippen LogP contribution in [-0.4, -0.2) is 41.0 Å². The Kier molecular flexibility index (Phi) is 5.61. The lowest BCUT2D eigenvalue weighted by atomic mass is 10.0. The first-order valence-electron chi connectivity index (χ1n) is 8.53. The van der Waals surface area contributed by atoms with Crippen LogP contribution in [0.5, 0.6) is 0 Å². The van der Waals surface area contributed by atoms with Crippen LogP contribution in [0.4, 0.5) is 10.6 Å². The van der Waals surface area contributed by atoms with Crippen LogP contribution in [0.3, 0.4) is 0 Å². The van der Waals surface area contributed by atoms with Crippen LogP contribution in [0.15, 0.2) is 54.7 Å². The number of nitrogens with zero attached hydrogens (tertiary/aromatic N) is 2. The van der Waals surface area contributed by atoms with E-state index in [1.165, 1.54) is 0 Å². The molecule has 3 rings (SSSR count). The molecular weight excluding hydrogens is 316 g/mol. The molecule has 2 aromatic rings. The first kappa shape index (κ1) is 17.0. The smallest absolute Gasteiger partial charge is 0.321 e. The van der Waals surface area contributed by atoms with Crippen molar-refractivity contribution in [2.45, 2.75) is 25.3 Å². The Morgan fingerprint density at radius 1 is 1.04 bits per heavy atom. The number of pyridine rings is 1. The molecule has 0 unspecified atom stereocenters. The molecule has 130 valence electrons. The Bertz CT molecular complexity index is 700. The highest BCUT2D eigenvalue weighted by Gasteiger charge is 2.28. The van der Waals surface area contributed by atoms with Gasteiger partial charge in [0.05, 0.1) is 0 Å². The summed E-state index contributed by atoms with van der Waals surface area (Å²) in [6, 6.07) is 14.0. The maximum atomic E-state index is 12.8. The molecule has 0 spiro atoms. The SMILES string of the molecule is O=C(Nc1ccccn1)N[C@H](Cc1ccccc1)C(=O)N1CCCC1. The molecule has 1 aromatic heterocycles. The Hall–Kier alpha value is -2.89. The summed E-state index contributed by atoms with van der Waals surface area (Å²) in [7, 11) is 0. The van der Waals surface area contributed by atoms with Crippen molar-refractivity contribution in [2.75, 3.05) is 18.4 Å². The van der Waals surface area contributed by atoms with Crippen LogP contribution in [-0.2, 0) is 11.2 Å². The van der Waals surface area contributed by atoms with E-state index in [9.17, 15) is 9.59 Å². The molecule has 0 aliphatic carbocycles. The fourth-order valence-corrected chi connectivity index (χ4v) is 2.96. The van der Waals surface area contributed by atoms with Crippen molar-refractivity contribution in [2.24, 2.45) is 0 Å². The average molecular weight is 338 g/mol. The highest BCUT2D eigenvalue weighted by atomic mass is 16.2. The van der Waals surface area contributed by atoms with Crippen molar-refractivity contribution in [3.05, 3.63) is 60.3 Å². The summed E-state index contributed by atoms with van der Waals surface area (Å²) in [6.07, 6.45) is 4.10. The molecule has 0 saturated carbocycles. The summed E-state index contributed by atoms with van der Waals surface area (Å²) in [5.41, 5.74) is 1.01. The number of rotatable bonds is 5. The van der Waals surface area contributed by atoms with E-state index in [1.807, 2.05) is 35.2 Å². The summed E-state index contributed by atoms with van der Waals surface area (Å²) >= 11 is 0. The van der Waals surface area contributed by atoms with Gasteiger partial charge in [-0.15, -0.1) is 0 Å². The van der Waals surface area contributed by atoms with Crippen LogP contribution >= 0.6 is 0 Å². The Labute approximate surface area is 147 Å². The monoisotopic (exact) mass is 338 g/mol. The Balaban J connectivity index is 1.68. The third-order valence-electron chi connectivity index (χ3n) is 4.21. The van der Waals surface area contributed by atoms with Crippen molar-refractivity contribution >= 4 is 17.8 Å². The number of carbonyl (C=O) groups is 2. The third kappa shape index (κ3) is 4.79. The number of nitrogens with one attached hydrogen (secondary N) is 2. The van der Waals surface area contributed by atoms with Gasteiger partial charge in [0.15, 0.2) is 0 Å². The van der Waals surface area contributed by atoms with E-state index >= 15 is 0 Å². The van der Waals surface area contributed by atoms with E-state index in [0.29, 0.717) is 12.2 Å². The molecule has 1 fully saturated rings. The molecule has 1 saturated heterocycles. The second-order valence-electron chi connectivity index (χ2n) is 6.09. The van der Waals surface area contributed by atoms with E-state index in [0.717, 1.165) is 31.5 Å². The number of anilines is 1. The third-order valence-corrected chi connectivity index (χ3v) is 4.21. The van der Waals surface area contributed by atoms with Crippen LogP contribution in [0, 0.1) is 0 Å². The zero-order chi connectivity index (χ0) is 17.5. The summed E-state index contributed by atoms with van der Waals surface area (Å²) in [4.78, 5) is 31.0. The molecule has 2 N–H and O–H groups in total. The van der Waals surface area contributed by atoms with Crippen molar-refractivity contribution in [3.63, 3.8) is 0 Å². The number of likely N-dealkylation sites (tertiary alicyclic amines) is 1. The molecule has 6 heteroatoms. The number of aromatic nitrogens is 1. The number of hydrogen-bond donors (Lipinski definition) is 2. The lowest BCUT2D eigenvalue weighted by molar-refractivity contribution is -0.132. The largest absolute Gasteiger partial charge is 0.341 e. The first-order chi connectivity index (χ1) is 12.2. The second-order valence-corrected chi connectivity index (χ2v) is 6.09. The quantitative estimate of drug-likeness (QED) is 0.879. The van der Waals surface area contributed by atoms with Crippen molar-refractivity contribution < 1.29 is 9.59 Å². The normalized spacial score (nSPS) is 14.8. The number of hydrogen-bond acceptors (Lipinski definition) is 3. The van der Waals surface area contributed by atoms with E-state index in [-0.39, 0.29) is 5.91 Å². The van der Waals surface area contributed by atoms with E-state index in [1.54, 1.807) is 24.4 Å². The zero-order valence-corrected chi connectivity index (χ0v) is 14.0. The predicted molar refractivity (Wildman–Crippen MR) is 96.1 cm³/mol. The van der Waals surface area contributed by atoms with Gasteiger partial charge in [0, 0.05) is 25.7 Å². The molecule has 3 amide bonds. The van der Waals surface area contributed by atoms with Crippen molar-refractivity contribution in [3.8, 4) is 0 Å². The van der Waals surface area contributed by atoms with Gasteiger partial charge >= 0.3 is 6.03 Å². The van der Waals surface area contributed by atoms with Gasteiger partial charge < -0.3 is 10.2 Å². The minimum atomic E-state index is -0.593. The summed E-state index contributed by atoms with van der Waals surface area (Å²) in [5.74, 6) is 0.421.